The molecule has 0 aliphatic carbocycles. The highest BCUT2D eigenvalue weighted by atomic mass is 32.2. The van der Waals surface area contributed by atoms with Crippen molar-refractivity contribution in [2.75, 3.05) is 31.9 Å². The lowest BCUT2D eigenvalue weighted by molar-refractivity contribution is 0.0929. The normalized spacial score (nSPS) is 12.1. The zero-order valence-corrected chi connectivity index (χ0v) is 18.9. The monoisotopic (exact) mass is 417 g/mol. The second-order valence-electron chi connectivity index (χ2n) is 8.51. The maximum Gasteiger partial charge on any atom is 0.261 e. The molecular weight excluding hydrogens is 386 g/mol. The zero-order valence-electron chi connectivity index (χ0n) is 18.0. The van der Waals surface area contributed by atoms with E-state index in [1.807, 2.05) is 34.0 Å². The summed E-state index contributed by atoms with van der Waals surface area (Å²) in [6, 6.07) is 11.4. The summed E-state index contributed by atoms with van der Waals surface area (Å²) >= 11 is 0. The average molecular weight is 418 g/mol. The number of carbonyl (C=O) groups excluding carboxylic acids is 1. The average Bonchev–Trinajstić information content (AvgIpc) is 2.62. The first-order valence-corrected chi connectivity index (χ1v) is 11.0. The summed E-state index contributed by atoms with van der Waals surface area (Å²) in [7, 11) is 0.268. The van der Waals surface area contributed by atoms with Crippen molar-refractivity contribution in [2.24, 2.45) is 5.41 Å². The highest BCUT2D eigenvalue weighted by molar-refractivity contribution is 7.92. The van der Waals surface area contributed by atoms with Crippen LogP contribution in [0.5, 0.6) is 0 Å². The van der Waals surface area contributed by atoms with Gasteiger partial charge in [0.1, 0.15) is 0 Å². The third-order valence-corrected chi connectivity index (χ3v) is 6.05. The quantitative estimate of drug-likeness (QED) is 0.690. The minimum Gasteiger partial charge on any atom is -0.351 e. The molecule has 0 aliphatic heterocycles. The molecule has 0 saturated carbocycles. The molecule has 2 aromatic rings. The molecule has 7 heteroatoms. The van der Waals surface area contributed by atoms with Crippen molar-refractivity contribution in [3.05, 3.63) is 59.2 Å². The number of carbonyl (C=O) groups is 1. The summed E-state index contributed by atoms with van der Waals surface area (Å²) in [5.41, 5.74) is 2.97. The van der Waals surface area contributed by atoms with E-state index in [1.165, 1.54) is 24.3 Å². The van der Waals surface area contributed by atoms with Gasteiger partial charge in [0.15, 0.2) is 0 Å². The Morgan fingerprint density at radius 2 is 1.62 bits per heavy atom. The lowest BCUT2D eigenvalue weighted by atomic mass is 9.93. The molecule has 0 unspecified atom stereocenters. The Morgan fingerprint density at radius 1 is 1.00 bits per heavy atom. The van der Waals surface area contributed by atoms with Crippen molar-refractivity contribution in [3.63, 3.8) is 0 Å². The van der Waals surface area contributed by atoms with Gasteiger partial charge in [0.2, 0.25) is 0 Å². The summed E-state index contributed by atoms with van der Waals surface area (Å²) in [6.45, 7) is 9.44. The first-order valence-electron chi connectivity index (χ1n) is 9.53. The van der Waals surface area contributed by atoms with E-state index < -0.39 is 10.0 Å². The van der Waals surface area contributed by atoms with Gasteiger partial charge in [-0.1, -0.05) is 19.9 Å². The fourth-order valence-electron chi connectivity index (χ4n) is 3.14. The number of anilines is 1. The Kier molecular flexibility index (Phi) is 7.08. The van der Waals surface area contributed by atoms with Gasteiger partial charge < -0.3 is 10.2 Å². The van der Waals surface area contributed by atoms with Gasteiger partial charge in [-0.2, -0.15) is 0 Å². The van der Waals surface area contributed by atoms with E-state index >= 15 is 0 Å². The van der Waals surface area contributed by atoms with Crippen LogP contribution in [0.4, 0.5) is 5.69 Å². The first kappa shape index (κ1) is 22.9. The minimum absolute atomic E-state index is 0.0709. The van der Waals surface area contributed by atoms with Crippen molar-refractivity contribution < 1.29 is 13.2 Å². The molecule has 0 aromatic heterocycles. The molecule has 0 heterocycles. The lowest BCUT2D eigenvalue weighted by Gasteiger charge is -2.28. The summed E-state index contributed by atoms with van der Waals surface area (Å²) < 4.78 is 27.8. The number of sulfonamides is 1. The fraction of sp³-hybridized carbons (Fsp3) is 0.409. The molecule has 0 saturated heterocycles. The Labute approximate surface area is 174 Å². The van der Waals surface area contributed by atoms with Gasteiger partial charge in [-0.15, -0.1) is 0 Å². The summed E-state index contributed by atoms with van der Waals surface area (Å²) in [5, 5.41) is 2.92. The zero-order chi connectivity index (χ0) is 21.8. The standard InChI is InChI=1S/C22H31N3O3S/c1-16-7-10-19(13-17(16)2)24-29(27,28)20-11-8-18(9-12-20)21(26)23-14-22(3,4)15-25(5)6/h7-13,24H,14-15H2,1-6H3,(H,23,26). The molecule has 0 bridgehead atoms. The molecule has 29 heavy (non-hydrogen) atoms. The topological polar surface area (TPSA) is 78.5 Å². The maximum absolute atomic E-state index is 12.6. The number of aryl methyl sites for hydroxylation is 2. The first-order chi connectivity index (χ1) is 13.4. The number of benzene rings is 2. The molecule has 0 radical (unpaired) electrons. The Balaban J connectivity index is 2.06. The summed E-state index contributed by atoms with van der Waals surface area (Å²) in [6.07, 6.45) is 0. The molecule has 158 valence electrons. The van der Waals surface area contributed by atoms with Crippen molar-refractivity contribution in [1.82, 2.24) is 10.2 Å². The SMILES string of the molecule is Cc1ccc(NS(=O)(=O)c2ccc(C(=O)NCC(C)(C)CN(C)C)cc2)cc1C. The van der Waals surface area contributed by atoms with Gasteiger partial charge in [0.05, 0.1) is 4.90 Å². The number of amides is 1. The van der Waals surface area contributed by atoms with Gasteiger partial charge in [-0.25, -0.2) is 8.42 Å². The predicted octanol–water partition coefficient (Wildman–Crippen LogP) is 3.42. The van der Waals surface area contributed by atoms with Crippen LogP contribution in [0.15, 0.2) is 47.4 Å². The van der Waals surface area contributed by atoms with Crippen molar-refractivity contribution in [3.8, 4) is 0 Å². The lowest BCUT2D eigenvalue weighted by Crippen LogP contribution is -2.39. The third-order valence-electron chi connectivity index (χ3n) is 4.66. The number of hydrogen-bond acceptors (Lipinski definition) is 4. The predicted molar refractivity (Wildman–Crippen MR) is 118 cm³/mol. The van der Waals surface area contributed by atoms with Crippen LogP contribution in [0, 0.1) is 19.3 Å². The van der Waals surface area contributed by atoms with Crippen LogP contribution in [-0.2, 0) is 10.0 Å². The van der Waals surface area contributed by atoms with E-state index in [0.29, 0.717) is 17.8 Å². The molecule has 2 N–H and O–H groups in total. The van der Waals surface area contributed by atoms with E-state index in [0.717, 1.165) is 17.7 Å². The van der Waals surface area contributed by atoms with Gasteiger partial charge >= 0.3 is 0 Å². The minimum atomic E-state index is -3.72. The van der Waals surface area contributed by atoms with Crippen LogP contribution < -0.4 is 10.0 Å². The Hall–Kier alpha value is -2.38. The van der Waals surface area contributed by atoms with Crippen LogP contribution in [0.2, 0.25) is 0 Å². The highest BCUT2D eigenvalue weighted by Gasteiger charge is 2.21. The van der Waals surface area contributed by atoms with Crippen molar-refractivity contribution >= 4 is 21.6 Å². The summed E-state index contributed by atoms with van der Waals surface area (Å²) in [4.78, 5) is 14.6. The van der Waals surface area contributed by atoms with Crippen molar-refractivity contribution in [2.45, 2.75) is 32.6 Å². The van der Waals surface area contributed by atoms with Gasteiger partial charge in [0.25, 0.3) is 15.9 Å². The van der Waals surface area contributed by atoms with E-state index in [4.69, 9.17) is 0 Å². The van der Waals surface area contributed by atoms with Crippen LogP contribution in [-0.4, -0.2) is 46.4 Å². The maximum atomic E-state index is 12.6. The number of rotatable bonds is 8. The number of nitrogens with one attached hydrogen (secondary N) is 2. The molecule has 0 fully saturated rings. The molecule has 1 amide bonds. The molecule has 2 aromatic carbocycles. The van der Waals surface area contributed by atoms with E-state index in [1.54, 1.807) is 12.1 Å². The van der Waals surface area contributed by atoms with Gasteiger partial charge in [0, 0.05) is 24.3 Å². The molecule has 0 atom stereocenters. The van der Waals surface area contributed by atoms with E-state index in [9.17, 15) is 13.2 Å². The second kappa shape index (κ2) is 8.97. The Morgan fingerprint density at radius 3 is 2.17 bits per heavy atom. The molecule has 0 aliphatic rings. The Bertz CT molecular complexity index is 965. The van der Waals surface area contributed by atoms with E-state index in [-0.39, 0.29) is 16.2 Å². The molecule has 0 spiro atoms. The smallest absolute Gasteiger partial charge is 0.261 e. The van der Waals surface area contributed by atoms with Gasteiger partial charge in [-0.05, 0) is 80.9 Å². The van der Waals surface area contributed by atoms with Crippen LogP contribution in [0.25, 0.3) is 0 Å². The molecular formula is C22H31N3O3S. The molecule has 6 nitrogen and oxygen atoms in total. The van der Waals surface area contributed by atoms with Crippen molar-refractivity contribution in [1.29, 1.82) is 0 Å². The number of hydrogen-bond donors (Lipinski definition) is 2. The fourth-order valence-corrected chi connectivity index (χ4v) is 4.19. The largest absolute Gasteiger partial charge is 0.351 e. The highest BCUT2D eigenvalue weighted by Crippen LogP contribution is 2.20. The van der Waals surface area contributed by atoms with Gasteiger partial charge in [-0.3, -0.25) is 9.52 Å². The van der Waals surface area contributed by atoms with Crippen LogP contribution >= 0.6 is 0 Å². The summed E-state index contributed by atoms with van der Waals surface area (Å²) in [5.74, 6) is -0.220. The number of nitrogens with zero attached hydrogens (tertiary/aromatic N) is 1. The van der Waals surface area contributed by atoms with E-state index in [2.05, 4.69) is 28.8 Å². The molecule has 2 rings (SSSR count). The van der Waals surface area contributed by atoms with Crippen LogP contribution in [0.1, 0.15) is 35.3 Å². The third kappa shape index (κ3) is 6.58. The van der Waals surface area contributed by atoms with Crippen LogP contribution in [0.3, 0.4) is 0 Å². The second-order valence-corrected chi connectivity index (χ2v) is 10.2.